The van der Waals surface area contributed by atoms with Crippen LogP contribution in [0.3, 0.4) is 0 Å². The highest BCUT2D eigenvalue weighted by Crippen LogP contribution is 2.31. The maximum absolute atomic E-state index is 11.9. The van der Waals surface area contributed by atoms with Crippen molar-refractivity contribution in [1.29, 1.82) is 0 Å². The van der Waals surface area contributed by atoms with Crippen LogP contribution in [0.2, 0.25) is 10.0 Å². The Labute approximate surface area is 121 Å². The molecule has 0 radical (unpaired) electrons. The third-order valence-corrected chi connectivity index (χ3v) is 3.59. The van der Waals surface area contributed by atoms with E-state index in [2.05, 4.69) is 10.4 Å². The number of anilines is 2. The van der Waals surface area contributed by atoms with E-state index in [0.717, 1.165) is 13.0 Å². The first-order chi connectivity index (χ1) is 9.02. The van der Waals surface area contributed by atoms with Crippen molar-refractivity contribution >= 4 is 40.7 Å². The first-order valence-electron chi connectivity index (χ1n) is 5.84. The minimum absolute atomic E-state index is 0.0348. The fourth-order valence-corrected chi connectivity index (χ4v) is 2.48. The molecule has 8 heteroatoms. The lowest BCUT2D eigenvalue weighted by Crippen LogP contribution is -2.35. The molecule has 2 rings (SSSR count). The third kappa shape index (κ3) is 3.02. The molecule has 1 fully saturated rings. The summed E-state index contributed by atoms with van der Waals surface area (Å²) in [7, 11) is 1.79. The standard InChI is InChI=1S/C11H15Cl2N5O/c1-17-3-2-4-18(6-9(17)19)11-8(13)5-7(12)10(15-11)16-14/h5H,2-4,6,14H2,1H3,(H,15,16). The first kappa shape index (κ1) is 14.2. The average molecular weight is 304 g/mol. The van der Waals surface area contributed by atoms with E-state index in [4.69, 9.17) is 29.0 Å². The summed E-state index contributed by atoms with van der Waals surface area (Å²) in [5, 5.41) is 0.746. The van der Waals surface area contributed by atoms with Gasteiger partial charge >= 0.3 is 0 Å². The van der Waals surface area contributed by atoms with E-state index < -0.39 is 0 Å². The van der Waals surface area contributed by atoms with Gasteiger partial charge in [0.05, 0.1) is 16.6 Å². The van der Waals surface area contributed by atoms with Crippen molar-refractivity contribution in [3.05, 3.63) is 16.1 Å². The minimum atomic E-state index is 0.0348. The molecule has 1 amide bonds. The van der Waals surface area contributed by atoms with Gasteiger partial charge in [0.15, 0.2) is 5.82 Å². The van der Waals surface area contributed by atoms with Crippen LogP contribution in [0.5, 0.6) is 0 Å². The number of rotatable bonds is 2. The molecule has 1 aliphatic rings. The molecule has 0 aliphatic carbocycles. The van der Waals surface area contributed by atoms with Crippen LogP contribution in [0.4, 0.5) is 11.6 Å². The first-order valence-corrected chi connectivity index (χ1v) is 6.60. The average Bonchev–Trinajstić information content (AvgIpc) is 2.52. The number of hydrogen-bond donors (Lipinski definition) is 2. The molecule has 0 unspecified atom stereocenters. The van der Waals surface area contributed by atoms with Gasteiger partial charge in [-0.25, -0.2) is 10.8 Å². The molecule has 1 aromatic heterocycles. The summed E-state index contributed by atoms with van der Waals surface area (Å²) in [6.45, 7) is 1.67. The van der Waals surface area contributed by atoms with E-state index in [1.54, 1.807) is 18.0 Å². The van der Waals surface area contributed by atoms with Gasteiger partial charge in [-0.1, -0.05) is 23.2 Å². The van der Waals surface area contributed by atoms with Gasteiger partial charge in [0.25, 0.3) is 0 Å². The number of pyridine rings is 1. The van der Waals surface area contributed by atoms with Crippen LogP contribution in [0.25, 0.3) is 0 Å². The summed E-state index contributed by atoms with van der Waals surface area (Å²) in [4.78, 5) is 19.7. The van der Waals surface area contributed by atoms with Crippen LogP contribution in [0.15, 0.2) is 6.07 Å². The lowest BCUT2D eigenvalue weighted by molar-refractivity contribution is -0.127. The van der Waals surface area contributed by atoms with Gasteiger partial charge < -0.3 is 15.2 Å². The van der Waals surface area contributed by atoms with Gasteiger partial charge in [-0.3, -0.25) is 4.79 Å². The summed E-state index contributed by atoms with van der Waals surface area (Å²) in [6.07, 6.45) is 0.855. The summed E-state index contributed by atoms with van der Waals surface area (Å²) in [5.74, 6) is 6.24. The molecule has 0 bridgehead atoms. The number of nitrogen functional groups attached to an aromatic ring is 1. The Kier molecular flexibility index (Phi) is 4.34. The van der Waals surface area contributed by atoms with Gasteiger partial charge in [-0.15, -0.1) is 0 Å². The molecule has 1 aromatic rings. The molecule has 104 valence electrons. The van der Waals surface area contributed by atoms with Crippen LogP contribution in [0.1, 0.15) is 6.42 Å². The second-order valence-corrected chi connectivity index (χ2v) is 5.17. The zero-order valence-corrected chi connectivity index (χ0v) is 12.0. The largest absolute Gasteiger partial charge is 0.346 e. The van der Waals surface area contributed by atoms with Gasteiger partial charge in [0.2, 0.25) is 5.91 Å². The normalized spacial score (nSPS) is 16.5. The summed E-state index contributed by atoms with van der Waals surface area (Å²) in [5.41, 5.74) is 2.41. The topological polar surface area (TPSA) is 74.5 Å². The second-order valence-electron chi connectivity index (χ2n) is 4.36. The van der Waals surface area contributed by atoms with E-state index in [0.29, 0.717) is 28.2 Å². The highest BCUT2D eigenvalue weighted by Gasteiger charge is 2.22. The second kappa shape index (κ2) is 5.81. The predicted molar refractivity (Wildman–Crippen MR) is 76.5 cm³/mol. The van der Waals surface area contributed by atoms with Crippen LogP contribution < -0.4 is 16.2 Å². The van der Waals surface area contributed by atoms with Crippen LogP contribution in [0, 0.1) is 0 Å². The van der Waals surface area contributed by atoms with Crippen LogP contribution in [-0.4, -0.2) is 42.5 Å². The van der Waals surface area contributed by atoms with E-state index >= 15 is 0 Å². The number of likely N-dealkylation sites (N-methyl/N-ethyl adjacent to an activating group) is 1. The molecule has 19 heavy (non-hydrogen) atoms. The number of nitrogens with one attached hydrogen (secondary N) is 1. The number of carbonyl (C=O) groups is 1. The molecular formula is C11H15Cl2N5O. The zero-order chi connectivity index (χ0) is 14.0. The quantitative estimate of drug-likeness (QED) is 0.637. The molecular weight excluding hydrogens is 289 g/mol. The Bertz CT molecular complexity index is 496. The number of halogens is 2. The van der Waals surface area contributed by atoms with Crippen molar-refractivity contribution in [2.75, 3.05) is 37.0 Å². The van der Waals surface area contributed by atoms with Gasteiger partial charge in [-0.05, 0) is 12.5 Å². The minimum Gasteiger partial charge on any atom is -0.346 e. The number of carbonyl (C=O) groups excluding carboxylic acids is 1. The highest BCUT2D eigenvalue weighted by atomic mass is 35.5. The smallest absolute Gasteiger partial charge is 0.241 e. The molecule has 0 spiro atoms. The SMILES string of the molecule is CN1CCCN(c2nc(NN)c(Cl)cc2Cl)CC1=O. The van der Waals surface area contributed by atoms with Gasteiger partial charge in [0.1, 0.15) is 5.82 Å². The number of aromatic nitrogens is 1. The summed E-state index contributed by atoms with van der Waals surface area (Å²) < 4.78 is 0. The van der Waals surface area contributed by atoms with E-state index in [1.165, 1.54) is 0 Å². The van der Waals surface area contributed by atoms with E-state index in [9.17, 15) is 4.79 Å². The van der Waals surface area contributed by atoms with Crippen molar-refractivity contribution < 1.29 is 4.79 Å². The Morgan fingerprint density at radius 3 is 2.79 bits per heavy atom. The number of hydrazine groups is 1. The summed E-state index contributed by atoms with van der Waals surface area (Å²) >= 11 is 12.1. The zero-order valence-electron chi connectivity index (χ0n) is 10.5. The fourth-order valence-electron chi connectivity index (χ4n) is 1.95. The van der Waals surface area contributed by atoms with Gasteiger partial charge in [-0.2, -0.15) is 0 Å². The maximum Gasteiger partial charge on any atom is 0.241 e. The molecule has 6 nitrogen and oxygen atoms in total. The lowest BCUT2D eigenvalue weighted by Gasteiger charge is -2.22. The Morgan fingerprint density at radius 1 is 1.37 bits per heavy atom. The van der Waals surface area contributed by atoms with Crippen molar-refractivity contribution in [3.8, 4) is 0 Å². The highest BCUT2D eigenvalue weighted by molar-refractivity contribution is 6.37. The Hall–Kier alpha value is -1.24. The van der Waals surface area contributed by atoms with Gasteiger partial charge in [0, 0.05) is 20.1 Å². The molecule has 3 N–H and O–H groups in total. The number of nitrogens with zero attached hydrogens (tertiary/aromatic N) is 3. The van der Waals surface area contributed by atoms with E-state index in [-0.39, 0.29) is 12.5 Å². The molecule has 0 atom stereocenters. The Balaban J connectivity index is 2.32. The molecule has 0 saturated carbocycles. The molecule has 1 saturated heterocycles. The van der Waals surface area contributed by atoms with E-state index in [1.807, 2.05) is 4.90 Å². The number of nitrogens with two attached hydrogens (primary N) is 1. The fraction of sp³-hybridized carbons (Fsp3) is 0.455. The van der Waals surface area contributed by atoms with Crippen LogP contribution >= 0.6 is 23.2 Å². The van der Waals surface area contributed by atoms with Crippen molar-refractivity contribution in [3.63, 3.8) is 0 Å². The van der Waals surface area contributed by atoms with Crippen molar-refractivity contribution in [2.24, 2.45) is 5.84 Å². The van der Waals surface area contributed by atoms with Crippen molar-refractivity contribution in [1.82, 2.24) is 9.88 Å². The monoisotopic (exact) mass is 303 g/mol. The molecule has 2 heterocycles. The van der Waals surface area contributed by atoms with Crippen LogP contribution in [-0.2, 0) is 4.79 Å². The maximum atomic E-state index is 11.9. The third-order valence-electron chi connectivity index (χ3n) is 3.02. The number of amides is 1. The number of hydrogen-bond acceptors (Lipinski definition) is 5. The lowest BCUT2D eigenvalue weighted by atomic mass is 10.3. The Morgan fingerprint density at radius 2 is 2.11 bits per heavy atom. The summed E-state index contributed by atoms with van der Waals surface area (Å²) in [6, 6.07) is 1.57. The predicted octanol–water partition coefficient (Wildman–Crippen LogP) is 1.34. The molecule has 1 aliphatic heterocycles. The van der Waals surface area contributed by atoms with Crippen molar-refractivity contribution in [2.45, 2.75) is 6.42 Å². The molecule has 0 aromatic carbocycles.